The fourth-order valence-electron chi connectivity index (χ4n) is 4.92. The molecule has 0 amide bonds. The number of halogens is 2. The summed E-state index contributed by atoms with van der Waals surface area (Å²) in [7, 11) is 0. The summed E-state index contributed by atoms with van der Waals surface area (Å²) in [5.74, 6) is -2.17. The number of rotatable bonds is 8. The van der Waals surface area contributed by atoms with Gasteiger partial charge in [0.25, 0.3) is 0 Å². The van der Waals surface area contributed by atoms with Crippen LogP contribution in [0.3, 0.4) is 0 Å². The molecule has 0 spiro atoms. The monoisotopic (exact) mass is 478 g/mol. The van der Waals surface area contributed by atoms with Crippen molar-refractivity contribution in [3.8, 4) is 11.5 Å². The van der Waals surface area contributed by atoms with E-state index in [9.17, 15) is 13.6 Å². The highest BCUT2D eigenvalue weighted by Crippen LogP contribution is 2.37. The van der Waals surface area contributed by atoms with Crippen LogP contribution < -0.4 is 9.47 Å². The summed E-state index contributed by atoms with van der Waals surface area (Å²) in [6, 6.07) is 21.4. The van der Waals surface area contributed by atoms with Gasteiger partial charge in [0.1, 0.15) is 5.75 Å². The van der Waals surface area contributed by atoms with Gasteiger partial charge in [-0.25, -0.2) is 8.78 Å². The van der Waals surface area contributed by atoms with Crippen molar-refractivity contribution in [2.75, 3.05) is 6.61 Å². The van der Waals surface area contributed by atoms with Gasteiger partial charge in [0.05, 0.1) is 12.5 Å². The first-order chi connectivity index (χ1) is 16.9. The van der Waals surface area contributed by atoms with E-state index in [1.165, 1.54) is 16.7 Å². The molecule has 1 aliphatic carbocycles. The Morgan fingerprint density at radius 3 is 2.17 bits per heavy atom. The summed E-state index contributed by atoms with van der Waals surface area (Å²) in [5, 5.41) is 0. The Morgan fingerprint density at radius 1 is 0.943 bits per heavy atom. The molecule has 0 saturated heterocycles. The number of ether oxygens (including phenoxy) is 2. The average molecular weight is 479 g/mol. The van der Waals surface area contributed by atoms with E-state index in [1.54, 1.807) is 6.92 Å². The lowest BCUT2D eigenvalue weighted by Gasteiger charge is -2.27. The molecule has 184 valence electrons. The van der Waals surface area contributed by atoms with Gasteiger partial charge in [-0.2, -0.15) is 0 Å². The second-order valence-corrected chi connectivity index (χ2v) is 9.38. The van der Waals surface area contributed by atoms with E-state index < -0.39 is 23.4 Å². The van der Waals surface area contributed by atoms with Crippen LogP contribution in [0.25, 0.3) is 0 Å². The molecule has 1 saturated carbocycles. The predicted molar refractivity (Wildman–Crippen MR) is 133 cm³/mol. The first-order valence-corrected chi connectivity index (χ1v) is 12.4. The summed E-state index contributed by atoms with van der Waals surface area (Å²) >= 11 is 0. The summed E-state index contributed by atoms with van der Waals surface area (Å²) in [6.45, 7) is 4.04. The van der Waals surface area contributed by atoms with Crippen molar-refractivity contribution in [3.05, 3.63) is 95.1 Å². The normalized spacial score (nSPS) is 18.6. The molecule has 0 aromatic heterocycles. The van der Waals surface area contributed by atoms with Crippen LogP contribution in [0, 0.1) is 17.6 Å². The first-order valence-electron chi connectivity index (χ1n) is 12.4. The molecular weight excluding hydrogens is 446 g/mol. The van der Waals surface area contributed by atoms with Crippen LogP contribution in [0.2, 0.25) is 0 Å². The number of carbonyl (C=O) groups excluding carboxylic acids is 1. The largest absolute Gasteiger partial charge is 0.488 e. The Hall–Kier alpha value is -3.21. The molecule has 3 nitrogen and oxygen atoms in total. The van der Waals surface area contributed by atoms with E-state index in [2.05, 4.69) is 55.5 Å². The lowest BCUT2D eigenvalue weighted by Crippen LogP contribution is -2.25. The SMILES string of the molecule is CCOc1c(F)cc(OC(=O)C2CCC(c3ccc(CC(C)c4ccccc4)cc3)CC2)cc1F. The van der Waals surface area contributed by atoms with Gasteiger partial charge in [0.2, 0.25) is 0 Å². The molecule has 35 heavy (non-hydrogen) atoms. The van der Waals surface area contributed by atoms with Gasteiger partial charge in [-0.15, -0.1) is 0 Å². The summed E-state index contributed by atoms with van der Waals surface area (Å²) in [6.07, 6.45) is 4.14. The van der Waals surface area contributed by atoms with Crippen molar-refractivity contribution in [2.24, 2.45) is 5.92 Å². The van der Waals surface area contributed by atoms with Gasteiger partial charge in [-0.05, 0) is 67.6 Å². The molecule has 3 aromatic rings. The molecule has 0 aliphatic heterocycles. The standard InChI is InChI=1S/C30H32F2O3/c1-3-34-29-27(31)18-26(19-28(29)32)35-30(33)25-15-13-24(14-16-25)23-11-9-21(10-12-23)17-20(2)22-7-5-4-6-8-22/h4-12,18-20,24-25H,3,13-17H2,1-2H3. The molecule has 0 heterocycles. The van der Waals surface area contributed by atoms with Crippen molar-refractivity contribution >= 4 is 5.97 Å². The number of hydrogen-bond acceptors (Lipinski definition) is 3. The minimum absolute atomic E-state index is 0.129. The summed E-state index contributed by atoms with van der Waals surface area (Å²) in [4.78, 5) is 12.6. The van der Waals surface area contributed by atoms with E-state index >= 15 is 0 Å². The van der Waals surface area contributed by atoms with E-state index in [4.69, 9.17) is 9.47 Å². The quantitative estimate of drug-likeness (QED) is 0.247. The minimum atomic E-state index is -0.875. The number of hydrogen-bond donors (Lipinski definition) is 0. The third kappa shape index (κ3) is 6.27. The maximum Gasteiger partial charge on any atom is 0.314 e. The van der Waals surface area contributed by atoms with Crippen LogP contribution >= 0.6 is 0 Å². The predicted octanol–water partition coefficient (Wildman–Crippen LogP) is 7.59. The smallest absolute Gasteiger partial charge is 0.314 e. The van der Waals surface area contributed by atoms with Crippen molar-refractivity contribution in [2.45, 2.75) is 57.8 Å². The van der Waals surface area contributed by atoms with Crippen LogP contribution in [-0.4, -0.2) is 12.6 Å². The van der Waals surface area contributed by atoms with Gasteiger partial charge in [-0.3, -0.25) is 4.79 Å². The Balaban J connectivity index is 1.29. The Kier molecular flexibility index (Phi) is 8.17. The fourth-order valence-corrected chi connectivity index (χ4v) is 4.92. The lowest BCUT2D eigenvalue weighted by molar-refractivity contribution is -0.140. The molecular formula is C30H32F2O3. The van der Waals surface area contributed by atoms with Gasteiger partial charge in [-0.1, -0.05) is 61.5 Å². The zero-order valence-electron chi connectivity index (χ0n) is 20.3. The summed E-state index contributed by atoms with van der Waals surface area (Å²) in [5.41, 5.74) is 3.96. The average Bonchev–Trinajstić information content (AvgIpc) is 2.87. The third-order valence-corrected chi connectivity index (χ3v) is 6.90. The third-order valence-electron chi connectivity index (χ3n) is 6.90. The Morgan fingerprint density at radius 2 is 1.57 bits per heavy atom. The van der Waals surface area contributed by atoms with E-state index in [-0.39, 0.29) is 18.3 Å². The Bertz CT molecular complexity index is 1100. The number of carbonyl (C=O) groups is 1. The van der Waals surface area contributed by atoms with Gasteiger partial charge in [0.15, 0.2) is 17.4 Å². The van der Waals surface area contributed by atoms with Crippen LogP contribution in [-0.2, 0) is 11.2 Å². The fraction of sp³-hybridized carbons (Fsp3) is 0.367. The second kappa shape index (κ2) is 11.5. The first kappa shape index (κ1) is 24.9. The van der Waals surface area contributed by atoms with E-state index in [0.29, 0.717) is 24.7 Å². The van der Waals surface area contributed by atoms with Crippen LogP contribution in [0.4, 0.5) is 8.78 Å². The van der Waals surface area contributed by atoms with Gasteiger partial charge < -0.3 is 9.47 Å². The van der Waals surface area contributed by atoms with Crippen LogP contribution in [0.5, 0.6) is 11.5 Å². The maximum atomic E-state index is 14.1. The zero-order chi connectivity index (χ0) is 24.8. The molecule has 1 atom stereocenters. The molecule has 4 rings (SSSR count). The van der Waals surface area contributed by atoms with Crippen LogP contribution in [0.15, 0.2) is 66.7 Å². The van der Waals surface area contributed by atoms with Crippen molar-refractivity contribution in [1.82, 2.24) is 0 Å². The van der Waals surface area contributed by atoms with Crippen molar-refractivity contribution in [1.29, 1.82) is 0 Å². The maximum absolute atomic E-state index is 14.1. The molecule has 1 aliphatic rings. The lowest BCUT2D eigenvalue weighted by atomic mass is 9.78. The highest BCUT2D eigenvalue weighted by Gasteiger charge is 2.29. The highest BCUT2D eigenvalue weighted by molar-refractivity contribution is 5.75. The minimum Gasteiger partial charge on any atom is -0.488 e. The van der Waals surface area contributed by atoms with Gasteiger partial charge in [0, 0.05) is 12.1 Å². The van der Waals surface area contributed by atoms with Crippen LogP contribution in [0.1, 0.15) is 68.1 Å². The molecule has 0 radical (unpaired) electrons. The summed E-state index contributed by atoms with van der Waals surface area (Å²) < 4.78 is 38.4. The number of benzene rings is 3. The molecule has 1 fully saturated rings. The second-order valence-electron chi connectivity index (χ2n) is 9.38. The van der Waals surface area contributed by atoms with Gasteiger partial charge >= 0.3 is 5.97 Å². The molecule has 5 heteroatoms. The van der Waals surface area contributed by atoms with Crippen molar-refractivity contribution in [3.63, 3.8) is 0 Å². The van der Waals surface area contributed by atoms with E-state index in [0.717, 1.165) is 31.4 Å². The zero-order valence-corrected chi connectivity index (χ0v) is 20.3. The molecule has 1 unspecified atom stereocenters. The molecule has 0 bridgehead atoms. The van der Waals surface area contributed by atoms with E-state index in [1.807, 2.05) is 6.07 Å². The number of esters is 1. The Labute approximate surface area is 206 Å². The van der Waals surface area contributed by atoms with Crippen molar-refractivity contribution < 1.29 is 23.0 Å². The topological polar surface area (TPSA) is 35.5 Å². The molecule has 0 N–H and O–H groups in total. The molecule has 3 aromatic carbocycles. The highest BCUT2D eigenvalue weighted by atomic mass is 19.1.